The summed E-state index contributed by atoms with van der Waals surface area (Å²) in [6, 6.07) is 3.73. The van der Waals surface area contributed by atoms with E-state index in [1.807, 2.05) is 22.6 Å². The third kappa shape index (κ3) is 3.60. The Morgan fingerprint density at radius 2 is 1.92 bits per heavy atom. The van der Waals surface area contributed by atoms with Crippen molar-refractivity contribution < 1.29 is 17.9 Å². The molecule has 0 radical (unpaired) electrons. The van der Waals surface area contributed by atoms with E-state index in [0.717, 1.165) is 6.07 Å². The summed E-state index contributed by atoms with van der Waals surface area (Å²) < 4.78 is 39.3. The largest absolute Gasteiger partial charge is 0.573 e. The molecule has 6 heteroatoms. The Morgan fingerprint density at radius 1 is 1.31 bits per heavy atom. The molecule has 0 amide bonds. The molecule has 1 aromatic carbocycles. The molecule has 0 fully saturated rings. The van der Waals surface area contributed by atoms with Crippen molar-refractivity contribution in [2.75, 3.05) is 0 Å². The standard InChI is InChI=1S/C7H3ClF3IO/c8-5-2-1-4(3-6(5)12)13-7(9,10)11/h1-3H. The molecule has 1 nitrogen and oxygen atoms in total. The number of hydrogen-bond acceptors (Lipinski definition) is 1. The van der Waals surface area contributed by atoms with Gasteiger partial charge in [-0.3, -0.25) is 0 Å². The first kappa shape index (κ1) is 10.9. The van der Waals surface area contributed by atoms with Crippen LogP contribution in [-0.4, -0.2) is 6.36 Å². The number of rotatable bonds is 1. The fraction of sp³-hybridized carbons (Fsp3) is 0.143. The van der Waals surface area contributed by atoms with Crippen LogP contribution in [0, 0.1) is 3.57 Å². The van der Waals surface area contributed by atoms with Gasteiger partial charge in [-0.1, -0.05) is 11.6 Å². The molecule has 0 bridgehead atoms. The molecule has 0 saturated carbocycles. The van der Waals surface area contributed by atoms with Gasteiger partial charge in [0.2, 0.25) is 0 Å². The van der Waals surface area contributed by atoms with E-state index in [4.69, 9.17) is 11.6 Å². The highest BCUT2D eigenvalue weighted by Crippen LogP contribution is 2.27. The number of benzene rings is 1. The highest BCUT2D eigenvalue weighted by Gasteiger charge is 2.31. The second kappa shape index (κ2) is 3.91. The van der Waals surface area contributed by atoms with Crippen LogP contribution in [0.3, 0.4) is 0 Å². The van der Waals surface area contributed by atoms with Gasteiger partial charge in [0.05, 0.1) is 5.02 Å². The van der Waals surface area contributed by atoms with Crippen molar-refractivity contribution in [2.45, 2.75) is 6.36 Å². The van der Waals surface area contributed by atoms with Gasteiger partial charge in [-0.05, 0) is 40.8 Å². The lowest BCUT2D eigenvalue weighted by atomic mass is 10.3. The minimum Gasteiger partial charge on any atom is -0.406 e. The molecule has 1 aromatic rings. The second-order valence-corrected chi connectivity index (χ2v) is 3.69. The first-order chi connectivity index (χ1) is 5.88. The predicted octanol–water partition coefficient (Wildman–Crippen LogP) is 3.84. The molecular weight excluding hydrogens is 319 g/mol. The Hall–Kier alpha value is -0.170. The summed E-state index contributed by atoms with van der Waals surface area (Å²) in [5, 5.41) is 0.398. The van der Waals surface area contributed by atoms with Crippen LogP contribution in [0.15, 0.2) is 18.2 Å². The Kier molecular flexibility index (Phi) is 3.28. The quantitative estimate of drug-likeness (QED) is 0.714. The van der Waals surface area contributed by atoms with Crippen LogP contribution in [0.2, 0.25) is 5.02 Å². The highest BCUT2D eigenvalue weighted by atomic mass is 127. The summed E-state index contributed by atoms with van der Waals surface area (Å²) in [4.78, 5) is 0. The van der Waals surface area contributed by atoms with Crippen molar-refractivity contribution in [2.24, 2.45) is 0 Å². The molecule has 0 atom stereocenters. The number of halogens is 5. The molecule has 0 heterocycles. The summed E-state index contributed by atoms with van der Waals surface area (Å²) in [7, 11) is 0. The van der Waals surface area contributed by atoms with Crippen molar-refractivity contribution in [3.05, 3.63) is 26.8 Å². The van der Waals surface area contributed by atoms with Gasteiger partial charge in [-0.25, -0.2) is 0 Å². The maximum absolute atomic E-state index is 11.7. The Balaban J connectivity index is 2.86. The van der Waals surface area contributed by atoms with Gasteiger partial charge in [-0.15, -0.1) is 13.2 Å². The van der Waals surface area contributed by atoms with E-state index in [0.29, 0.717) is 8.59 Å². The van der Waals surface area contributed by atoms with Gasteiger partial charge in [0.1, 0.15) is 5.75 Å². The van der Waals surface area contributed by atoms with Gasteiger partial charge < -0.3 is 4.74 Å². The van der Waals surface area contributed by atoms with E-state index in [9.17, 15) is 13.2 Å². The van der Waals surface area contributed by atoms with Crippen molar-refractivity contribution >= 4 is 34.2 Å². The second-order valence-electron chi connectivity index (χ2n) is 2.12. The zero-order valence-corrected chi connectivity index (χ0v) is 8.94. The highest BCUT2D eigenvalue weighted by molar-refractivity contribution is 14.1. The molecule has 0 aliphatic rings. The third-order valence-corrected chi connectivity index (χ3v) is 2.67. The lowest BCUT2D eigenvalue weighted by molar-refractivity contribution is -0.274. The molecule has 13 heavy (non-hydrogen) atoms. The summed E-state index contributed by atoms with van der Waals surface area (Å²) in [5.41, 5.74) is 0. The Morgan fingerprint density at radius 3 is 2.38 bits per heavy atom. The number of ether oxygens (including phenoxy) is 1. The van der Waals surface area contributed by atoms with Crippen molar-refractivity contribution in [3.63, 3.8) is 0 Å². The van der Waals surface area contributed by atoms with Gasteiger partial charge in [0.15, 0.2) is 0 Å². The monoisotopic (exact) mass is 322 g/mol. The molecule has 0 saturated heterocycles. The van der Waals surface area contributed by atoms with Crippen LogP contribution < -0.4 is 4.74 Å². The maximum atomic E-state index is 11.7. The lowest BCUT2D eigenvalue weighted by Gasteiger charge is -2.08. The lowest BCUT2D eigenvalue weighted by Crippen LogP contribution is -2.17. The summed E-state index contributed by atoms with van der Waals surface area (Å²) >= 11 is 7.43. The molecule has 1 rings (SSSR count). The van der Waals surface area contributed by atoms with Crippen LogP contribution in [0.5, 0.6) is 5.75 Å². The van der Waals surface area contributed by atoms with E-state index in [1.165, 1.54) is 12.1 Å². The summed E-state index contributed by atoms with van der Waals surface area (Å²) in [6.07, 6.45) is -4.66. The van der Waals surface area contributed by atoms with E-state index < -0.39 is 6.36 Å². The summed E-state index contributed by atoms with van der Waals surface area (Å²) in [6.45, 7) is 0. The topological polar surface area (TPSA) is 9.23 Å². The first-order valence-corrected chi connectivity index (χ1v) is 4.55. The fourth-order valence-electron chi connectivity index (χ4n) is 0.674. The van der Waals surface area contributed by atoms with Crippen LogP contribution in [0.25, 0.3) is 0 Å². The van der Waals surface area contributed by atoms with Crippen molar-refractivity contribution in [1.29, 1.82) is 0 Å². The van der Waals surface area contributed by atoms with Crippen LogP contribution >= 0.6 is 34.2 Å². The van der Waals surface area contributed by atoms with E-state index in [2.05, 4.69) is 4.74 Å². The predicted molar refractivity (Wildman–Crippen MR) is 50.9 cm³/mol. The normalized spacial score (nSPS) is 11.5. The van der Waals surface area contributed by atoms with Gasteiger partial charge >= 0.3 is 6.36 Å². The summed E-state index contributed by atoms with van der Waals surface area (Å²) in [5.74, 6) is -0.263. The minimum atomic E-state index is -4.66. The van der Waals surface area contributed by atoms with E-state index in [1.54, 1.807) is 0 Å². The molecule has 0 aromatic heterocycles. The van der Waals surface area contributed by atoms with E-state index in [-0.39, 0.29) is 5.75 Å². The minimum absolute atomic E-state index is 0.263. The molecule has 0 N–H and O–H groups in total. The zero-order chi connectivity index (χ0) is 10.1. The zero-order valence-electron chi connectivity index (χ0n) is 6.03. The third-order valence-electron chi connectivity index (χ3n) is 1.12. The number of alkyl halides is 3. The van der Waals surface area contributed by atoms with Crippen LogP contribution in [0.4, 0.5) is 13.2 Å². The molecule has 0 unspecified atom stereocenters. The average Bonchev–Trinajstić information content (AvgIpc) is 1.94. The van der Waals surface area contributed by atoms with E-state index >= 15 is 0 Å². The average molecular weight is 322 g/mol. The molecule has 0 spiro atoms. The Labute approximate surface area is 91.0 Å². The molecular formula is C7H3ClF3IO. The fourth-order valence-corrected chi connectivity index (χ4v) is 1.28. The van der Waals surface area contributed by atoms with Crippen LogP contribution in [-0.2, 0) is 0 Å². The van der Waals surface area contributed by atoms with Gasteiger partial charge in [0.25, 0.3) is 0 Å². The van der Waals surface area contributed by atoms with Crippen LogP contribution in [0.1, 0.15) is 0 Å². The number of hydrogen-bond donors (Lipinski definition) is 0. The smallest absolute Gasteiger partial charge is 0.406 e. The molecule has 0 aliphatic carbocycles. The maximum Gasteiger partial charge on any atom is 0.573 e. The molecule has 72 valence electrons. The first-order valence-electron chi connectivity index (χ1n) is 3.09. The van der Waals surface area contributed by atoms with Gasteiger partial charge in [0, 0.05) is 3.57 Å². The SMILES string of the molecule is FC(F)(F)Oc1ccc(Cl)c(I)c1. The van der Waals surface area contributed by atoms with Crippen molar-refractivity contribution in [1.82, 2.24) is 0 Å². The van der Waals surface area contributed by atoms with Crippen molar-refractivity contribution in [3.8, 4) is 5.75 Å². The molecule has 0 aliphatic heterocycles. The Bertz CT molecular complexity index is 313. The van der Waals surface area contributed by atoms with Gasteiger partial charge in [-0.2, -0.15) is 0 Å².